The summed E-state index contributed by atoms with van der Waals surface area (Å²) in [5.41, 5.74) is 2.59. The van der Waals surface area contributed by atoms with Crippen LogP contribution >= 0.6 is 11.3 Å². The Hall–Kier alpha value is -1.63. The van der Waals surface area contributed by atoms with Crippen molar-refractivity contribution in [3.05, 3.63) is 16.6 Å². The average Bonchev–Trinajstić information content (AvgIpc) is 2.98. The lowest BCUT2D eigenvalue weighted by molar-refractivity contribution is -0.138. The third-order valence-electron chi connectivity index (χ3n) is 3.24. The molecule has 0 bridgehead atoms. The number of thiazole rings is 1. The van der Waals surface area contributed by atoms with E-state index < -0.39 is 5.97 Å². The van der Waals surface area contributed by atoms with E-state index in [0.29, 0.717) is 13.1 Å². The van der Waals surface area contributed by atoms with E-state index in [1.165, 1.54) is 11.3 Å². The monoisotopic (exact) mass is 283 g/mol. The van der Waals surface area contributed by atoms with Crippen molar-refractivity contribution < 1.29 is 14.7 Å². The molecule has 0 spiro atoms. The first kappa shape index (κ1) is 13.8. The number of carbonyl (C=O) groups is 2. The number of carbonyl (C=O) groups excluding carboxylic acids is 1. The first-order valence-corrected chi connectivity index (χ1v) is 7.13. The molecular weight excluding hydrogens is 266 g/mol. The minimum absolute atomic E-state index is 0.0241. The van der Waals surface area contributed by atoms with Gasteiger partial charge >= 0.3 is 12.0 Å². The lowest BCUT2D eigenvalue weighted by atomic mass is 10.1. The Morgan fingerprint density at radius 1 is 1.63 bits per heavy atom. The van der Waals surface area contributed by atoms with Gasteiger partial charge in [-0.15, -0.1) is 11.3 Å². The predicted molar refractivity (Wildman–Crippen MR) is 71.0 cm³/mol. The molecule has 1 atom stereocenters. The Morgan fingerprint density at radius 2 is 2.42 bits per heavy atom. The van der Waals surface area contributed by atoms with E-state index >= 15 is 0 Å². The van der Waals surface area contributed by atoms with Crippen LogP contribution in [0.3, 0.4) is 0 Å². The molecule has 104 valence electrons. The standard InChI is InChI=1S/C12H17N3O3S/c1-14(6-9-7-19-8-13-9)12(18)15-4-2-3-10(15)5-11(16)17/h7-8,10H,2-6H2,1H3,(H,16,17). The summed E-state index contributed by atoms with van der Waals surface area (Å²) in [6.45, 7) is 1.09. The van der Waals surface area contributed by atoms with Crippen LogP contribution in [0.4, 0.5) is 4.79 Å². The Bertz CT molecular complexity index is 449. The van der Waals surface area contributed by atoms with Gasteiger partial charge in [0, 0.05) is 25.0 Å². The summed E-state index contributed by atoms with van der Waals surface area (Å²) in [6, 6.07) is -0.292. The van der Waals surface area contributed by atoms with Gasteiger partial charge in [-0.2, -0.15) is 0 Å². The van der Waals surface area contributed by atoms with Crippen LogP contribution in [0.25, 0.3) is 0 Å². The van der Waals surface area contributed by atoms with Crippen LogP contribution in [0.5, 0.6) is 0 Å². The van der Waals surface area contributed by atoms with Crippen molar-refractivity contribution in [3.8, 4) is 0 Å². The van der Waals surface area contributed by atoms with E-state index in [1.54, 1.807) is 22.4 Å². The molecule has 7 heteroatoms. The number of amides is 2. The maximum atomic E-state index is 12.3. The van der Waals surface area contributed by atoms with Gasteiger partial charge in [0.05, 0.1) is 24.2 Å². The maximum Gasteiger partial charge on any atom is 0.320 e. The van der Waals surface area contributed by atoms with Crippen LogP contribution in [0.1, 0.15) is 25.0 Å². The largest absolute Gasteiger partial charge is 0.481 e. The molecule has 1 aromatic rings. The van der Waals surface area contributed by atoms with Gasteiger partial charge in [0.1, 0.15) is 0 Å². The second kappa shape index (κ2) is 6.01. The normalized spacial score (nSPS) is 18.6. The molecule has 1 N–H and O–H groups in total. The lowest BCUT2D eigenvalue weighted by Crippen LogP contribution is -2.44. The van der Waals surface area contributed by atoms with Gasteiger partial charge in [-0.05, 0) is 12.8 Å². The highest BCUT2D eigenvalue weighted by atomic mass is 32.1. The number of aliphatic carboxylic acids is 1. The number of hydrogen-bond acceptors (Lipinski definition) is 4. The second-order valence-corrected chi connectivity index (χ2v) is 5.42. The number of carboxylic acids is 1. The summed E-state index contributed by atoms with van der Waals surface area (Å²) in [4.78, 5) is 30.5. The summed E-state index contributed by atoms with van der Waals surface area (Å²) in [5.74, 6) is -0.855. The highest BCUT2D eigenvalue weighted by Gasteiger charge is 2.32. The summed E-state index contributed by atoms with van der Waals surface area (Å²) in [7, 11) is 1.72. The fourth-order valence-electron chi connectivity index (χ4n) is 2.35. The van der Waals surface area contributed by atoms with Crippen molar-refractivity contribution in [1.29, 1.82) is 0 Å². The number of urea groups is 1. The Balaban J connectivity index is 1.95. The number of nitrogens with zero attached hydrogens (tertiary/aromatic N) is 3. The summed E-state index contributed by atoms with van der Waals surface area (Å²) in [5, 5.41) is 10.8. The van der Waals surface area contributed by atoms with Crippen molar-refractivity contribution in [2.24, 2.45) is 0 Å². The Kier molecular flexibility index (Phi) is 4.36. The van der Waals surface area contributed by atoms with E-state index in [0.717, 1.165) is 18.5 Å². The molecule has 1 unspecified atom stereocenters. The molecule has 1 aliphatic heterocycles. The minimum Gasteiger partial charge on any atom is -0.481 e. The lowest BCUT2D eigenvalue weighted by Gasteiger charge is -2.28. The minimum atomic E-state index is -0.855. The van der Waals surface area contributed by atoms with Crippen LogP contribution in [-0.4, -0.2) is 51.5 Å². The third-order valence-corrected chi connectivity index (χ3v) is 3.88. The molecule has 1 fully saturated rings. The molecule has 19 heavy (non-hydrogen) atoms. The summed E-state index contributed by atoms with van der Waals surface area (Å²) >= 11 is 1.49. The second-order valence-electron chi connectivity index (χ2n) is 4.71. The fraction of sp³-hybridized carbons (Fsp3) is 0.583. The van der Waals surface area contributed by atoms with Gasteiger partial charge in [0.25, 0.3) is 0 Å². The molecule has 1 aromatic heterocycles. The number of likely N-dealkylation sites (tertiary alicyclic amines) is 1. The highest BCUT2D eigenvalue weighted by Crippen LogP contribution is 2.22. The number of carboxylic acid groups (broad SMARTS) is 1. The molecule has 0 radical (unpaired) electrons. The molecule has 2 amide bonds. The van der Waals surface area contributed by atoms with Gasteiger partial charge in [-0.3, -0.25) is 4.79 Å². The first-order valence-electron chi connectivity index (χ1n) is 6.18. The quantitative estimate of drug-likeness (QED) is 0.911. The zero-order valence-electron chi connectivity index (χ0n) is 10.8. The van der Waals surface area contributed by atoms with Gasteiger partial charge in [0.2, 0.25) is 0 Å². The number of aromatic nitrogens is 1. The average molecular weight is 283 g/mol. The van der Waals surface area contributed by atoms with Crippen molar-refractivity contribution in [2.45, 2.75) is 31.8 Å². The van der Waals surface area contributed by atoms with Crippen molar-refractivity contribution in [1.82, 2.24) is 14.8 Å². The van der Waals surface area contributed by atoms with E-state index in [2.05, 4.69) is 4.98 Å². The van der Waals surface area contributed by atoms with E-state index in [-0.39, 0.29) is 18.5 Å². The molecule has 6 nitrogen and oxygen atoms in total. The third kappa shape index (κ3) is 3.44. The Morgan fingerprint density at radius 3 is 3.05 bits per heavy atom. The summed E-state index contributed by atoms with van der Waals surface area (Å²) < 4.78 is 0. The highest BCUT2D eigenvalue weighted by molar-refractivity contribution is 7.07. The van der Waals surface area contributed by atoms with E-state index in [1.807, 2.05) is 5.38 Å². The van der Waals surface area contributed by atoms with Crippen LogP contribution in [0, 0.1) is 0 Å². The van der Waals surface area contributed by atoms with Gasteiger partial charge in [-0.25, -0.2) is 9.78 Å². The molecule has 0 saturated carbocycles. The van der Waals surface area contributed by atoms with E-state index in [9.17, 15) is 9.59 Å². The van der Waals surface area contributed by atoms with Crippen LogP contribution in [-0.2, 0) is 11.3 Å². The van der Waals surface area contributed by atoms with Crippen molar-refractivity contribution in [2.75, 3.05) is 13.6 Å². The first-order chi connectivity index (χ1) is 9.08. The molecule has 0 aliphatic carbocycles. The van der Waals surface area contributed by atoms with Crippen LogP contribution in [0.2, 0.25) is 0 Å². The molecule has 0 aromatic carbocycles. The maximum absolute atomic E-state index is 12.3. The van der Waals surface area contributed by atoms with Gasteiger partial charge in [0.15, 0.2) is 0 Å². The molecule has 1 saturated heterocycles. The molecular formula is C12H17N3O3S. The van der Waals surface area contributed by atoms with E-state index in [4.69, 9.17) is 5.11 Å². The summed E-state index contributed by atoms with van der Waals surface area (Å²) in [6.07, 6.45) is 1.66. The molecule has 2 rings (SSSR count). The van der Waals surface area contributed by atoms with Crippen LogP contribution < -0.4 is 0 Å². The number of hydrogen-bond donors (Lipinski definition) is 1. The molecule has 1 aliphatic rings. The Labute approximate surface area is 115 Å². The topological polar surface area (TPSA) is 73.7 Å². The SMILES string of the molecule is CN(Cc1cscn1)C(=O)N1CCCC1CC(=O)O. The zero-order valence-corrected chi connectivity index (χ0v) is 11.6. The number of rotatable bonds is 4. The van der Waals surface area contributed by atoms with Crippen molar-refractivity contribution >= 4 is 23.3 Å². The van der Waals surface area contributed by atoms with Crippen molar-refractivity contribution in [3.63, 3.8) is 0 Å². The van der Waals surface area contributed by atoms with Gasteiger partial charge < -0.3 is 14.9 Å². The fourth-order valence-corrected chi connectivity index (χ4v) is 2.90. The zero-order chi connectivity index (χ0) is 13.8. The predicted octanol–water partition coefficient (Wildman–Crippen LogP) is 1.63. The van der Waals surface area contributed by atoms with Crippen LogP contribution in [0.15, 0.2) is 10.9 Å². The van der Waals surface area contributed by atoms with Gasteiger partial charge in [-0.1, -0.05) is 0 Å². The molecule has 2 heterocycles. The smallest absolute Gasteiger partial charge is 0.320 e.